The molecule has 0 bridgehead atoms. The summed E-state index contributed by atoms with van der Waals surface area (Å²) in [5, 5.41) is 11.8. The summed E-state index contributed by atoms with van der Waals surface area (Å²) in [6, 6.07) is 5.47. The Morgan fingerprint density at radius 2 is 2.17 bits per heavy atom. The van der Waals surface area contributed by atoms with Gasteiger partial charge in [-0.3, -0.25) is 9.69 Å². The van der Waals surface area contributed by atoms with Gasteiger partial charge in [-0.1, -0.05) is 23.7 Å². The lowest BCUT2D eigenvalue weighted by Crippen LogP contribution is -2.45. The first-order valence-electron chi connectivity index (χ1n) is 7.32. The van der Waals surface area contributed by atoms with Gasteiger partial charge in [-0.05, 0) is 30.2 Å². The third-order valence-corrected chi connectivity index (χ3v) is 4.12. The Morgan fingerprint density at radius 1 is 1.46 bits per heavy atom. The summed E-state index contributed by atoms with van der Waals surface area (Å²) in [6.45, 7) is 0.787. The van der Waals surface area contributed by atoms with Crippen molar-refractivity contribution in [1.82, 2.24) is 10.2 Å². The van der Waals surface area contributed by atoms with Crippen molar-refractivity contribution < 1.29 is 23.5 Å². The van der Waals surface area contributed by atoms with Gasteiger partial charge in [0.05, 0.1) is 13.1 Å². The van der Waals surface area contributed by atoms with E-state index in [9.17, 15) is 18.4 Å². The van der Waals surface area contributed by atoms with Gasteiger partial charge in [-0.2, -0.15) is 0 Å². The molecule has 2 atom stereocenters. The third-order valence-electron chi connectivity index (χ3n) is 3.88. The first-order chi connectivity index (χ1) is 11.3. The van der Waals surface area contributed by atoms with Crippen LogP contribution in [0.3, 0.4) is 0 Å². The van der Waals surface area contributed by atoms with Gasteiger partial charge < -0.3 is 10.4 Å². The Morgan fingerprint density at radius 3 is 2.79 bits per heavy atom. The van der Waals surface area contributed by atoms with E-state index in [1.165, 1.54) is 0 Å². The van der Waals surface area contributed by atoms with Crippen LogP contribution in [0.5, 0.6) is 0 Å². The molecule has 0 aromatic heterocycles. The molecule has 1 aliphatic heterocycles. The second-order valence-corrected chi connectivity index (χ2v) is 5.98. The Bertz CT molecular complexity index is 681. The number of hydrogen-bond donors (Lipinski definition) is 2. The van der Waals surface area contributed by atoms with Crippen molar-refractivity contribution in [3.8, 4) is 0 Å². The second kappa shape index (κ2) is 7.61. The first-order valence-corrected chi connectivity index (χ1v) is 7.70. The molecule has 1 heterocycles. The topological polar surface area (TPSA) is 69.6 Å². The first kappa shape index (κ1) is 18.2. The van der Waals surface area contributed by atoms with Gasteiger partial charge in [0, 0.05) is 11.4 Å². The summed E-state index contributed by atoms with van der Waals surface area (Å²) < 4.78 is 27.6. The minimum Gasteiger partial charge on any atom is -0.465 e. The average molecular weight is 359 g/mol. The van der Waals surface area contributed by atoms with Gasteiger partial charge in [0.1, 0.15) is 18.0 Å². The number of nitrogens with one attached hydrogen (secondary N) is 1. The molecule has 1 fully saturated rings. The van der Waals surface area contributed by atoms with E-state index in [1.54, 1.807) is 31.2 Å². The molecular weight excluding hydrogens is 342 g/mol. The monoisotopic (exact) mass is 358 g/mol. The molecular formula is C16H17ClF2N2O3. The molecule has 2 N–H and O–H groups in total. The quantitative estimate of drug-likeness (QED) is 0.868. The van der Waals surface area contributed by atoms with Crippen LogP contribution in [0.2, 0.25) is 5.02 Å². The number of likely N-dealkylation sites (tertiary alicyclic amines) is 1. The highest BCUT2D eigenvalue weighted by atomic mass is 35.5. The smallest absolute Gasteiger partial charge is 0.408 e. The van der Waals surface area contributed by atoms with Crippen molar-refractivity contribution >= 4 is 29.2 Å². The summed E-state index contributed by atoms with van der Waals surface area (Å²) in [5.74, 6) is -1.30. The van der Waals surface area contributed by atoms with Crippen LogP contribution in [0.25, 0.3) is 5.57 Å². The Kier molecular flexibility index (Phi) is 5.77. The molecule has 2 amide bonds. The number of hydrogen-bond acceptors (Lipinski definition) is 2. The van der Waals surface area contributed by atoms with Gasteiger partial charge >= 0.3 is 6.09 Å². The lowest BCUT2D eigenvalue weighted by Gasteiger charge is -2.20. The van der Waals surface area contributed by atoms with Crippen LogP contribution < -0.4 is 5.32 Å². The maximum Gasteiger partial charge on any atom is 0.408 e. The molecule has 1 saturated heterocycles. The molecule has 24 heavy (non-hydrogen) atoms. The largest absolute Gasteiger partial charge is 0.465 e. The summed E-state index contributed by atoms with van der Waals surface area (Å²) >= 11 is 5.86. The van der Waals surface area contributed by atoms with Crippen molar-refractivity contribution in [3.05, 3.63) is 40.7 Å². The predicted molar refractivity (Wildman–Crippen MR) is 86.2 cm³/mol. The fraction of sp³-hybridized carbons (Fsp3) is 0.375. The molecule has 8 heteroatoms. The van der Waals surface area contributed by atoms with Gasteiger partial charge in [-0.25, -0.2) is 13.6 Å². The lowest BCUT2D eigenvalue weighted by molar-refractivity contribution is -0.124. The fourth-order valence-corrected chi connectivity index (χ4v) is 2.73. The van der Waals surface area contributed by atoms with Crippen LogP contribution in [0.4, 0.5) is 13.6 Å². The van der Waals surface area contributed by atoms with E-state index < -0.39 is 36.6 Å². The molecule has 5 nitrogen and oxygen atoms in total. The van der Waals surface area contributed by atoms with Gasteiger partial charge in [-0.15, -0.1) is 0 Å². The fourth-order valence-electron chi connectivity index (χ4n) is 2.54. The van der Waals surface area contributed by atoms with E-state index in [0.717, 1.165) is 4.90 Å². The number of amides is 2. The summed E-state index contributed by atoms with van der Waals surface area (Å²) in [4.78, 5) is 23.8. The number of rotatable bonds is 4. The highest BCUT2D eigenvalue weighted by molar-refractivity contribution is 6.30. The van der Waals surface area contributed by atoms with Crippen LogP contribution in [0.15, 0.2) is 30.1 Å². The summed E-state index contributed by atoms with van der Waals surface area (Å²) in [7, 11) is 0. The molecule has 0 radical (unpaired) electrons. The van der Waals surface area contributed by atoms with Crippen molar-refractivity contribution in [3.63, 3.8) is 0 Å². The number of carbonyl (C=O) groups excluding carboxylic acids is 1. The van der Waals surface area contributed by atoms with E-state index in [-0.39, 0.29) is 13.0 Å². The summed E-state index contributed by atoms with van der Waals surface area (Å²) in [6.07, 6.45) is -3.00. The van der Waals surface area contributed by atoms with Crippen LogP contribution >= 0.6 is 11.6 Å². The zero-order valence-electron chi connectivity index (χ0n) is 12.9. The normalized spacial score (nSPS) is 21.4. The standard InChI is InChI=1S/C16H17ClF2N2O3/c1-9(10-3-2-4-11(17)5-10)13(19)7-20-15(22)14-6-12(18)8-21(14)16(23)24/h2-5,12,14H,6-8H2,1H3,(H,20,22)(H,23,24)/t12-,14+/m1/s1. The van der Waals surface area contributed by atoms with Gasteiger partial charge in [0.2, 0.25) is 5.91 Å². The number of benzene rings is 1. The van der Waals surface area contributed by atoms with E-state index in [4.69, 9.17) is 16.7 Å². The van der Waals surface area contributed by atoms with Crippen molar-refractivity contribution in [2.24, 2.45) is 0 Å². The molecule has 0 spiro atoms. The Labute approximate surface area is 142 Å². The van der Waals surface area contributed by atoms with E-state index in [0.29, 0.717) is 16.2 Å². The van der Waals surface area contributed by atoms with Crippen LogP contribution in [0, 0.1) is 0 Å². The number of allylic oxidation sites excluding steroid dienone is 1. The number of halogens is 3. The van der Waals surface area contributed by atoms with Crippen LogP contribution in [-0.4, -0.2) is 47.3 Å². The third kappa shape index (κ3) is 4.23. The minimum absolute atomic E-state index is 0.225. The van der Waals surface area contributed by atoms with E-state index in [1.807, 2.05) is 0 Å². The SMILES string of the molecule is CC(=C(F)CNC(=O)[C@@H]1C[C@@H](F)CN1C(=O)O)c1cccc(Cl)c1. The van der Waals surface area contributed by atoms with E-state index in [2.05, 4.69) is 5.32 Å². The second-order valence-electron chi connectivity index (χ2n) is 5.54. The van der Waals surface area contributed by atoms with E-state index >= 15 is 0 Å². The lowest BCUT2D eigenvalue weighted by atomic mass is 10.1. The van der Waals surface area contributed by atoms with Crippen LogP contribution in [-0.2, 0) is 4.79 Å². The highest BCUT2D eigenvalue weighted by Gasteiger charge is 2.39. The Balaban J connectivity index is 2.02. The minimum atomic E-state index is -1.40. The van der Waals surface area contributed by atoms with Crippen molar-refractivity contribution in [2.75, 3.05) is 13.1 Å². The van der Waals surface area contributed by atoms with Gasteiger partial charge in [0.15, 0.2) is 0 Å². The zero-order chi connectivity index (χ0) is 17.9. The zero-order valence-corrected chi connectivity index (χ0v) is 13.7. The molecule has 0 aliphatic carbocycles. The molecule has 1 aromatic carbocycles. The van der Waals surface area contributed by atoms with Crippen LogP contribution in [0.1, 0.15) is 18.9 Å². The molecule has 1 aromatic rings. The average Bonchev–Trinajstić information content (AvgIpc) is 2.94. The predicted octanol–water partition coefficient (Wildman–Crippen LogP) is 3.25. The maximum absolute atomic E-state index is 14.2. The Hall–Kier alpha value is -2.15. The molecule has 0 saturated carbocycles. The molecule has 0 unspecified atom stereocenters. The number of carboxylic acid groups (broad SMARTS) is 1. The number of alkyl halides is 1. The molecule has 1 aliphatic rings. The van der Waals surface area contributed by atoms with Gasteiger partial charge in [0.25, 0.3) is 0 Å². The summed E-state index contributed by atoms with van der Waals surface area (Å²) in [5.41, 5.74) is 0.883. The highest BCUT2D eigenvalue weighted by Crippen LogP contribution is 2.23. The number of nitrogens with zero attached hydrogens (tertiary/aromatic N) is 1. The molecule has 130 valence electrons. The van der Waals surface area contributed by atoms with Crippen molar-refractivity contribution in [2.45, 2.75) is 25.6 Å². The van der Waals surface area contributed by atoms with Crippen molar-refractivity contribution in [1.29, 1.82) is 0 Å². The molecule has 2 rings (SSSR count). The number of carbonyl (C=O) groups is 2. The maximum atomic E-state index is 14.2.